The Labute approximate surface area is 151 Å². The van der Waals surface area contributed by atoms with Gasteiger partial charge in [0.15, 0.2) is 11.5 Å². The first kappa shape index (κ1) is 16.7. The van der Waals surface area contributed by atoms with Crippen molar-refractivity contribution in [1.29, 1.82) is 0 Å². The molecule has 25 heavy (non-hydrogen) atoms. The van der Waals surface area contributed by atoms with E-state index in [1.54, 1.807) is 18.9 Å². The average Bonchev–Trinajstić information content (AvgIpc) is 3.06. The van der Waals surface area contributed by atoms with E-state index in [0.29, 0.717) is 24.7 Å². The van der Waals surface area contributed by atoms with Gasteiger partial charge in [-0.25, -0.2) is 0 Å². The Morgan fingerprint density at radius 2 is 1.76 bits per heavy atom. The highest BCUT2D eigenvalue weighted by molar-refractivity contribution is 7.99. The number of hydrogen-bond donors (Lipinski definition) is 0. The molecule has 0 N–H and O–H groups in total. The Morgan fingerprint density at radius 1 is 1.00 bits per heavy atom. The molecule has 0 saturated heterocycles. The lowest BCUT2D eigenvalue weighted by Gasteiger charge is -2.39. The van der Waals surface area contributed by atoms with E-state index in [0.717, 1.165) is 20.9 Å². The largest absolute Gasteiger partial charge is 0.428 e. The summed E-state index contributed by atoms with van der Waals surface area (Å²) in [5.41, 5.74) is 1.94. The predicted molar refractivity (Wildman–Crippen MR) is 93.1 cm³/mol. The Kier molecular flexibility index (Phi) is 4.37. The summed E-state index contributed by atoms with van der Waals surface area (Å²) in [6.45, 7) is 4.26. The number of ether oxygens (including phenoxy) is 5. The van der Waals surface area contributed by atoms with Crippen LogP contribution in [0, 0.1) is 0 Å². The van der Waals surface area contributed by atoms with Gasteiger partial charge in [0.1, 0.15) is 0 Å². The lowest BCUT2D eigenvalue weighted by molar-refractivity contribution is -0.216. The molecule has 0 amide bonds. The van der Waals surface area contributed by atoms with E-state index >= 15 is 0 Å². The van der Waals surface area contributed by atoms with Crippen molar-refractivity contribution < 1.29 is 23.7 Å². The molecule has 1 unspecified atom stereocenters. The van der Waals surface area contributed by atoms with Gasteiger partial charge in [0, 0.05) is 36.3 Å². The predicted octanol–water partition coefficient (Wildman–Crippen LogP) is 4.13. The molecule has 2 aromatic rings. The van der Waals surface area contributed by atoms with Crippen molar-refractivity contribution in [3.05, 3.63) is 47.5 Å². The molecule has 1 atom stereocenters. The van der Waals surface area contributed by atoms with Crippen LogP contribution in [-0.4, -0.2) is 26.8 Å². The highest BCUT2D eigenvalue weighted by Crippen LogP contribution is 2.56. The Morgan fingerprint density at radius 3 is 2.48 bits per heavy atom. The SMILES string of the molecule is CCOC1(OCC)c2ccccc2Sc2c1ccc1c2OC(OC)O1. The third-order valence-electron chi connectivity index (χ3n) is 4.21. The first-order chi connectivity index (χ1) is 12.2. The second kappa shape index (κ2) is 6.53. The molecule has 0 saturated carbocycles. The molecule has 0 spiro atoms. The summed E-state index contributed by atoms with van der Waals surface area (Å²) in [4.78, 5) is 2.02. The number of methoxy groups -OCH3 is 1. The summed E-state index contributed by atoms with van der Waals surface area (Å²) >= 11 is 1.63. The summed E-state index contributed by atoms with van der Waals surface area (Å²) in [5.74, 6) is 0.386. The molecule has 0 aliphatic carbocycles. The molecule has 6 heteroatoms. The van der Waals surface area contributed by atoms with Gasteiger partial charge in [-0.15, -0.1) is 0 Å². The van der Waals surface area contributed by atoms with Crippen LogP contribution in [0.15, 0.2) is 46.2 Å². The van der Waals surface area contributed by atoms with Crippen molar-refractivity contribution in [2.75, 3.05) is 20.3 Å². The quantitative estimate of drug-likeness (QED) is 0.747. The third-order valence-corrected chi connectivity index (χ3v) is 5.39. The van der Waals surface area contributed by atoms with Gasteiger partial charge in [-0.3, -0.25) is 0 Å². The molecule has 0 radical (unpaired) electrons. The highest BCUT2D eigenvalue weighted by atomic mass is 32.2. The molecule has 5 nitrogen and oxygen atoms in total. The molecule has 0 aromatic heterocycles. The zero-order chi connectivity index (χ0) is 17.4. The van der Waals surface area contributed by atoms with Gasteiger partial charge in [-0.1, -0.05) is 30.0 Å². The fraction of sp³-hybridized carbons (Fsp3) is 0.368. The van der Waals surface area contributed by atoms with Crippen LogP contribution in [0.5, 0.6) is 11.5 Å². The van der Waals surface area contributed by atoms with E-state index < -0.39 is 12.3 Å². The molecule has 0 fully saturated rings. The lowest BCUT2D eigenvalue weighted by atomic mass is 9.95. The van der Waals surface area contributed by atoms with Crippen LogP contribution in [0.2, 0.25) is 0 Å². The minimum atomic E-state index is -0.954. The van der Waals surface area contributed by atoms with Gasteiger partial charge >= 0.3 is 6.48 Å². The summed E-state index contributed by atoms with van der Waals surface area (Å²) < 4.78 is 29.1. The van der Waals surface area contributed by atoms with Gasteiger partial charge in [0.2, 0.25) is 5.79 Å². The maximum atomic E-state index is 6.21. The summed E-state index contributed by atoms with van der Waals surface area (Å²) in [7, 11) is 1.55. The summed E-state index contributed by atoms with van der Waals surface area (Å²) in [5, 5.41) is 0. The number of rotatable bonds is 5. The summed E-state index contributed by atoms with van der Waals surface area (Å²) in [6.07, 6.45) is 0. The van der Waals surface area contributed by atoms with Crippen molar-refractivity contribution in [2.45, 2.75) is 35.9 Å². The minimum Gasteiger partial charge on any atom is -0.428 e. The molecule has 2 heterocycles. The second-order valence-electron chi connectivity index (χ2n) is 5.61. The first-order valence-corrected chi connectivity index (χ1v) is 9.14. The monoisotopic (exact) mass is 360 g/mol. The molecular weight excluding hydrogens is 340 g/mol. The van der Waals surface area contributed by atoms with E-state index in [1.165, 1.54) is 0 Å². The van der Waals surface area contributed by atoms with E-state index in [1.807, 2.05) is 38.1 Å². The first-order valence-electron chi connectivity index (χ1n) is 8.32. The van der Waals surface area contributed by atoms with Gasteiger partial charge in [0.05, 0.1) is 4.90 Å². The van der Waals surface area contributed by atoms with Crippen LogP contribution in [0.1, 0.15) is 25.0 Å². The maximum absolute atomic E-state index is 6.21. The molecule has 132 valence electrons. The Hall–Kier alpha value is -1.73. The normalized spacial score (nSPS) is 19.4. The molecule has 2 aliphatic rings. The van der Waals surface area contributed by atoms with E-state index in [-0.39, 0.29) is 0 Å². The van der Waals surface area contributed by atoms with Gasteiger partial charge in [0.25, 0.3) is 0 Å². The van der Waals surface area contributed by atoms with Crippen LogP contribution in [-0.2, 0) is 20.0 Å². The standard InChI is InChI=1S/C19H20O5S/c1-4-21-19(22-5-2)12-8-6-7-9-15(12)25-17-13(19)10-11-14-16(17)24-18(20-3)23-14/h6-11,18H,4-5H2,1-3H3. The smallest absolute Gasteiger partial charge is 0.360 e. The fourth-order valence-electron chi connectivity index (χ4n) is 3.27. The zero-order valence-electron chi connectivity index (χ0n) is 14.4. The highest BCUT2D eigenvalue weighted by Gasteiger charge is 2.46. The van der Waals surface area contributed by atoms with E-state index in [9.17, 15) is 0 Å². The number of hydrogen-bond acceptors (Lipinski definition) is 6. The van der Waals surface area contributed by atoms with Crippen molar-refractivity contribution in [3.8, 4) is 11.5 Å². The molecule has 4 rings (SSSR count). The van der Waals surface area contributed by atoms with Crippen LogP contribution < -0.4 is 9.47 Å². The van der Waals surface area contributed by atoms with Crippen molar-refractivity contribution in [1.82, 2.24) is 0 Å². The van der Waals surface area contributed by atoms with Crippen molar-refractivity contribution >= 4 is 11.8 Å². The van der Waals surface area contributed by atoms with Crippen LogP contribution in [0.3, 0.4) is 0 Å². The van der Waals surface area contributed by atoms with Crippen molar-refractivity contribution in [3.63, 3.8) is 0 Å². The summed E-state index contributed by atoms with van der Waals surface area (Å²) in [6, 6.07) is 12.0. The van der Waals surface area contributed by atoms with Crippen LogP contribution >= 0.6 is 11.8 Å². The fourth-order valence-corrected chi connectivity index (χ4v) is 4.50. The molecule has 2 aromatic carbocycles. The maximum Gasteiger partial charge on any atom is 0.360 e. The van der Waals surface area contributed by atoms with Gasteiger partial charge < -0.3 is 23.7 Å². The van der Waals surface area contributed by atoms with Gasteiger partial charge in [-0.2, -0.15) is 0 Å². The molecule has 2 aliphatic heterocycles. The van der Waals surface area contributed by atoms with Crippen LogP contribution in [0.25, 0.3) is 0 Å². The lowest BCUT2D eigenvalue weighted by Crippen LogP contribution is -2.37. The van der Waals surface area contributed by atoms with Gasteiger partial charge in [-0.05, 0) is 32.0 Å². The third kappa shape index (κ3) is 2.52. The zero-order valence-corrected chi connectivity index (χ0v) is 15.2. The molecular formula is C19H20O5S. The van der Waals surface area contributed by atoms with E-state index in [2.05, 4.69) is 12.1 Å². The average molecular weight is 360 g/mol. The molecule has 0 bridgehead atoms. The topological polar surface area (TPSA) is 46.2 Å². The minimum absolute atomic E-state index is 0.521. The van der Waals surface area contributed by atoms with Crippen LogP contribution in [0.4, 0.5) is 0 Å². The van der Waals surface area contributed by atoms with Crippen molar-refractivity contribution in [2.24, 2.45) is 0 Å². The Bertz CT molecular complexity index is 785. The van der Waals surface area contributed by atoms with E-state index in [4.69, 9.17) is 23.7 Å². The Balaban J connectivity index is 1.93. The second-order valence-corrected chi connectivity index (χ2v) is 6.66. The number of benzene rings is 2. The number of fused-ring (bicyclic) bond motifs is 4.